The van der Waals surface area contributed by atoms with E-state index in [1.807, 2.05) is 0 Å². The Hall–Kier alpha value is -1.29. The van der Waals surface area contributed by atoms with Gasteiger partial charge in [-0.15, -0.1) is 12.4 Å². The second kappa shape index (κ2) is 3.78. The molecule has 60 valence electrons. The Balaban J connectivity index is 0.000001000. The van der Waals surface area contributed by atoms with Gasteiger partial charge in [-0.3, -0.25) is 9.78 Å². The van der Waals surface area contributed by atoms with Gasteiger partial charge in [0.05, 0.1) is 17.4 Å². The van der Waals surface area contributed by atoms with Crippen molar-refractivity contribution in [1.29, 1.82) is 0 Å². The molecule has 0 atom stereocenters. The van der Waals surface area contributed by atoms with E-state index in [0.29, 0.717) is 11.3 Å². The Morgan fingerprint density at radius 3 is 2.55 bits per heavy atom. The van der Waals surface area contributed by atoms with E-state index in [1.165, 1.54) is 18.5 Å². The highest BCUT2D eigenvalue weighted by Crippen LogP contribution is 2.05. The first kappa shape index (κ1) is 9.71. The quantitative estimate of drug-likeness (QED) is 0.636. The van der Waals surface area contributed by atoms with Gasteiger partial charge in [-0.2, -0.15) is 0 Å². The average Bonchev–Trinajstić information content (AvgIpc) is 1.88. The van der Waals surface area contributed by atoms with Gasteiger partial charge in [0.15, 0.2) is 0 Å². The van der Waals surface area contributed by atoms with Crippen LogP contribution in [-0.2, 0) is 0 Å². The van der Waals surface area contributed by atoms with Crippen LogP contribution in [0.5, 0.6) is 0 Å². The number of amides is 1. The molecule has 0 aliphatic rings. The van der Waals surface area contributed by atoms with Crippen LogP contribution in [0.2, 0.25) is 0 Å². The summed E-state index contributed by atoms with van der Waals surface area (Å²) < 4.78 is 0. The zero-order valence-corrected chi connectivity index (χ0v) is 6.47. The van der Waals surface area contributed by atoms with E-state index in [2.05, 4.69) is 4.98 Å². The largest absolute Gasteiger partial charge is 0.397 e. The SMILES string of the molecule is Cl.NC(=O)c1ccncc1N. The van der Waals surface area contributed by atoms with Crippen LogP contribution in [0.3, 0.4) is 0 Å². The molecule has 1 heterocycles. The monoisotopic (exact) mass is 173 g/mol. The van der Waals surface area contributed by atoms with Crippen LogP contribution in [0, 0.1) is 0 Å². The molecule has 0 spiro atoms. The van der Waals surface area contributed by atoms with Crippen LogP contribution >= 0.6 is 12.4 Å². The number of pyridine rings is 1. The van der Waals surface area contributed by atoms with Crippen LogP contribution in [0.15, 0.2) is 18.5 Å². The van der Waals surface area contributed by atoms with Gasteiger partial charge in [0.1, 0.15) is 0 Å². The van der Waals surface area contributed by atoms with E-state index in [0.717, 1.165) is 0 Å². The zero-order valence-electron chi connectivity index (χ0n) is 5.65. The molecule has 4 N–H and O–H groups in total. The normalized spacial score (nSPS) is 8.36. The molecule has 1 rings (SSSR count). The Morgan fingerprint density at radius 2 is 2.18 bits per heavy atom. The second-order valence-electron chi connectivity index (χ2n) is 1.83. The van der Waals surface area contributed by atoms with E-state index in [-0.39, 0.29) is 12.4 Å². The smallest absolute Gasteiger partial charge is 0.250 e. The van der Waals surface area contributed by atoms with Crippen LogP contribution < -0.4 is 11.5 Å². The fourth-order valence-electron chi connectivity index (χ4n) is 0.631. The molecule has 11 heavy (non-hydrogen) atoms. The maximum atomic E-state index is 10.5. The van der Waals surface area contributed by atoms with Gasteiger partial charge < -0.3 is 11.5 Å². The summed E-state index contributed by atoms with van der Waals surface area (Å²) >= 11 is 0. The number of carbonyl (C=O) groups excluding carboxylic acids is 1. The molecule has 0 aromatic carbocycles. The third-order valence-corrected chi connectivity index (χ3v) is 1.12. The summed E-state index contributed by atoms with van der Waals surface area (Å²) in [6.07, 6.45) is 2.86. The summed E-state index contributed by atoms with van der Waals surface area (Å²) in [5, 5.41) is 0. The Kier molecular flexibility index (Phi) is 3.33. The van der Waals surface area contributed by atoms with Crippen molar-refractivity contribution in [3.8, 4) is 0 Å². The fourth-order valence-corrected chi connectivity index (χ4v) is 0.631. The number of halogens is 1. The van der Waals surface area contributed by atoms with Gasteiger partial charge in [0, 0.05) is 6.20 Å². The van der Waals surface area contributed by atoms with Crippen molar-refractivity contribution in [2.24, 2.45) is 5.73 Å². The molecule has 1 amide bonds. The zero-order chi connectivity index (χ0) is 7.56. The average molecular weight is 174 g/mol. The third kappa shape index (κ3) is 2.09. The highest BCUT2D eigenvalue weighted by atomic mass is 35.5. The Morgan fingerprint density at radius 1 is 1.55 bits per heavy atom. The highest BCUT2D eigenvalue weighted by molar-refractivity contribution is 5.97. The van der Waals surface area contributed by atoms with E-state index >= 15 is 0 Å². The molecule has 4 nitrogen and oxygen atoms in total. The third-order valence-electron chi connectivity index (χ3n) is 1.12. The number of aromatic nitrogens is 1. The molecule has 1 aromatic rings. The molecule has 5 heteroatoms. The lowest BCUT2D eigenvalue weighted by molar-refractivity contribution is 0.100. The summed E-state index contributed by atoms with van der Waals surface area (Å²) in [6, 6.07) is 1.48. The molecule has 0 aliphatic heterocycles. The summed E-state index contributed by atoms with van der Waals surface area (Å²) in [5.41, 5.74) is 11.0. The lowest BCUT2D eigenvalue weighted by Gasteiger charge is -1.96. The summed E-state index contributed by atoms with van der Waals surface area (Å²) in [7, 11) is 0. The lowest BCUT2D eigenvalue weighted by atomic mass is 10.2. The van der Waals surface area contributed by atoms with E-state index in [9.17, 15) is 4.79 Å². The van der Waals surface area contributed by atoms with E-state index in [4.69, 9.17) is 11.5 Å². The number of nitrogens with zero attached hydrogens (tertiary/aromatic N) is 1. The van der Waals surface area contributed by atoms with Crippen molar-refractivity contribution in [3.05, 3.63) is 24.0 Å². The van der Waals surface area contributed by atoms with Gasteiger partial charge in [-0.1, -0.05) is 0 Å². The highest BCUT2D eigenvalue weighted by Gasteiger charge is 2.02. The molecule has 0 aliphatic carbocycles. The molecular weight excluding hydrogens is 166 g/mol. The predicted octanol–water partition coefficient (Wildman–Crippen LogP) is 0.184. The van der Waals surface area contributed by atoms with Crippen molar-refractivity contribution in [3.63, 3.8) is 0 Å². The summed E-state index contributed by atoms with van der Waals surface area (Å²) in [5.74, 6) is -0.528. The first-order chi connectivity index (χ1) is 4.72. The number of carbonyl (C=O) groups is 1. The van der Waals surface area contributed by atoms with Crippen molar-refractivity contribution < 1.29 is 4.79 Å². The standard InChI is InChI=1S/C6H7N3O.ClH/c7-5-3-9-2-1-4(5)6(8)10;/h1-3H,7H2,(H2,8,10);1H. The van der Waals surface area contributed by atoms with Gasteiger partial charge in [0.25, 0.3) is 5.91 Å². The minimum atomic E-state index is -0.528. The van der Waals surface area contributed by atoms with E-state index in [1.54, 1.807) is 0 Å². The van der Waals surface area contributed by atoms with Gasteiger partial charge in [-0.05, 0) is 6.07 Å². The molecule has 0 saturated heterocycles. The summed E-state index contributed by atoms with van der Waals surface area (Å²) in [4.78, 5) is 14.2. The van der Waals surface area contributed by atoms with Gasteiger partial charge in [-0.25, -0.2) is 0 Å². The lowest BCUT2D eigenvalue weighted by Crippen LogP contribution is -2.13. The number of nitrogen functional groups attached to an aromatic ring is 1. The topological polar surface area (TPSA) is 82.0 Å². The minimum absolute atomic E-state index is 0. The molecule has 0 fully saturated rings. The number of primary amides is 1. The predicted molar refractivity (Wildman–Crippen MR) is 44.4 cm³/mol. The Bertz CT molecular complexity index is 264. The number of rotatable bonds is 1. The van der Waals surface area contributed by atoms with Gasteiger partial charge >= 0.3 is 0 Å². The van der Waals surface area contributed by atoms with E-state index < -0.39 is 5.91 Å². The maximum Gasteiger partial charge on any atom is 0.250 e. The number of hydrogen-bond donors (Lipinski definition) is 2. The summed E-state index contributed by atoms with van der Waals surface area (Å²) in [6.45, 7) is 0. The Labute approximate surface area is 70.0 Å². The number of anilines is 1. The second-order valence-corrected chi connectivity index (χ2v) is 1.83. The van der Waals surface area contributed by atoms with Crippen molar-refractivity contribution in [2.45, 2.75) is 0 Å². The van der Waals surface area contributed by atoms with Crippen LogP contribution in [-0.4, -0.2) is 10.9 Å². The van der Waals surface area contributed by atoms with Crippen LogP contribution in [0.25, 0.3) is 0 Å². The molecule has 0 radical (unpaired) electrons. The molecular formula is C6H8ClN3O. The maximum absolute atomic E-state index is 10.5. The molecule has 0 unspecified atom stereocenters. The van der Waals surface area contributed by atoms with Crippen molar-refractivity contribution >= 4 is 24.0 Å². The van der Waals surface area contributed by atoms with Crippen molar-refractivity contribution in [2.75, 3.05) is 5.73 Å². The first-order valence-corrected chi connectivity index (χ1v) is 2.71. The first-order valence-electron chi connectivity index (χ1n) is 2.71. The number of nitrogens with two attached hydrogens (primary N) is 2. The molecule has 0 saturated carbocycles. The van der Waals surface area contributed by atoms with Crippen molar-refractivity contribution in [1.82, 2.24) is 4.98 Å². The minimum Gasteiger partial charge on any atom is -0.397 e. The van der Waals surface area contributed by atoms with Gasteiger partial charge in [0.2, 0.25) is 0 Å². The van der Waals surface area contributed by atoms with Crippen LogP contribution in [0.1, 0.15) is 10.4 Å². The van der Waals surface area contributed by atoms with Crippen LogP contribution in [0.4, 0.5) is 5.69 Å². The molecule has 1 aromatic heterocycles. The fraction of sp³-hybridized carbons (Fsp3) is 0. The molecule has 0 bridgehead atoms. The number of hydrogen-bond acceptors (Lipinski definition) is 3.